The summed E-state index contributed by atoms with van der Waals surface area (Å²) >= 11 is 0. The van der Waals surface area contributed by atoms with E-state index in [1.54, 1.807) is 13.1 Å². The van der Waals surface area contributed by atoms with Gasteiger partial charge in [0.05, 0.1) is 0 Å². The third-order valence-corrected chi connectivity index (χ3v) is 9.12. The molecule has 0 bridgehead atoms. The van der Waals surface area contributed by atoms with E-state index in [9.17, 15) is 14.7 Å². The molecule has 4 heteroatoms. The number of amides is 1. The summed E-state index contributed by atoms with van der Waals surface area (Å²) in [5.74, 6) is 2.57. The van der Waals surface area contributed by atoms with Gasteiger partial charge in [0.2, 0.25) is 0 Å². The molecular weight excluding hydrogens is 338 g/mol. The molecule has 7 atom stereocenters. The van der Waals surface area contributed by atoms with E-state index in [4.69, 9.17) is 0 Å². The third-order valence-electron chi connectivity index (χ3n) is 9.12. The number of hydrogen-bond donors (Lipinski definition) is 1. The number of nitrogens with zero attached hydrogens (tertiary/aromatic N) is 1. The minimum absolute atomic E-state index is 0.0414. The molecule has 148 valence electrons. The number of rotatable bonds is 2. The van der Waals surface area contributed by atoms with Gasteiger partial charge < -0.3 is 10.0 Å². The highest BCUT2D eigenvalue weighted by Gasteiger charge is 2.59. The topological polar surface area (TPSA) is 57.6 Å². The molecule has 0 heterocycles. The van der Waals surface area contributed by atoms with E-state index in [1.807, 2.05) is 6.08 Å². The zero-order valence-corrected chi connectivity index (χ0v) is 17.1. The molecular formula is C23H33NO3. The van der Waals surface area contributed by atoms with Crippen LogP contribution in [0.2, 0.25) is 0 Å². The number of ketones is 1. The van der Waals surface area contributed by atoms with Gasteiger partial charge in [-0.15, -0.1) is 0 Å². The lowest BCUT2D eigenvalue weighted by Crippen LogP contribution is -2.52. The molecule has 4 aliphatic rings. The van der Waals surface area contributed by atoms with Gasteiger partial charge in [0.25, 0.3) is 0 Å². The first-order chi connectivity index (χ1) is 12.7. The summed E-state index contributed by atoms with van der Waals surface area (Å²) in [5.41, 5.74) is 1.61. The predicted octanol–water partition coefficient (Wildman–Crippen LogP) is 4.91. The molecule has 3 fully saturated rings. The van der Waals surface area contributed by atoms with Crippen molar-refractivity contribution in [1.29, 1.82) is 0 Å². The zero-order valence-electron chi connectivity index (χ0n) is 17.1. The Balaban J connectivity index is 1.61. The molecule has 1 unspecified atom stereocenters. The molecule has 0 aliphatic heterocycles. The number of carboxylic acid groups (broad SMARTS) is 1. The molecule has 4 nitrogen and oxygen atoms in total. The molecule has 4 aliphatic carbocycles. The minimum atomic E-state index is -0.819. The molecule has 3 saturated carbocycles. The van der Waals surface area contributed by atoms with Crippen molar-refractivity contribution in [1.82, 2.24) is 4.90 Å². The standard InChI is InChI=1S/C23H33NO3/c1-14(24(4)21(26)27)18-7-8-19-17-6-5-15-13-16(25)9-11-22(15,2)20(17)10-12-23(18,19)3/h9,11,13-14,17-20H,5-8,10,12H2,1-4H3,(H,26,27)/t14?,17-,18+,19-,20-,22-,23+/m0/s1. The maximum absolute atomic E-state index is 11.9. The highest BCUT2D eigenvalue weighted by atomic mass is 16.4. The van der Waals surface area contributed by atoms with Crippen molar-refractivity contribution in [2.24, 2.45) is 34.5 Å². The molecule has 4 rings (SSSR count). The largest absolute Gasteiger partial charge is 0.465 e. The van der Waals surface area contributed by atoms with Crippen LogP contribution in [0, 0.1) is 34.5 Å². The molecule has 27 heavy (non-hydrogen) atoms. The molecule has 0 aromatic carbocycles. The third kappa shape index (κ3) is 2.62. The lowest BCUT2D eigenvalue weighted by atomic mass is 9.47. The van der Waals surface area contributed by atoms with Crippen LogP contribution in [0.4, 0.5) is 4.79 Å². The lowest BCUT2D eigenvalue weighted by Gasteiger charge is -2.57. The van der Waals surface area contributed by atoms with Crippen LogP contribution in [-0.4, -0.2) is 35.0 Å². The zero-order chi connectivity index (χ0) is 19.6. The van der Waals surface area contributed by atoms with Crippen LogP contribution in [0.15, 0.2) is 23.8 Å². The van der Waals surface area contributed by atoms with Crippen molar-refractivity contribution in [3.05, 3.63) is 23.8 Å². The summed E-state index contributed by atoms with van der Waals surface area (Å²) in [6.07, 6.45) is 12.0. The smallest absolute Gasteiger partial charge is 0.407 e. The van der Waals surface area contributed by atoms with Gasteiger partial charge in [0, 0.05) is 18.5 Å². The minimum Gasteiger partial charge on any atom is -0.465 e. The molecule has 0 radical (unpaired) electrons. The van der Waals surface area contributed by atoms with Gasteiger partial charge in [-0.3, -0.25) is 4.79 Å². The first-order valence-corrected chi connectivity index (χ1v) is 10.6. The normalized spacial score (nSPS) is 44.0. The van der Waals surface area contributed by atoms with Crippen LogP contribution in [0.5, 0.6) is 0 Å². The molecule has 0 aromatic heterocycles. The predicted molar refractivity (Wildman–Crippen MR) is 105 cm³/mol. The molecule has 0 spiro atoms. The van der Waals surface area contributed by atoms with E-state index in [0.29, 0.717) is 23.7 Å². The van der Waals surface area contributed by atoms with Crippen LogP contribution >= 0.6 is 0 Å². The van der Waals surface area contributed by atoms with Crippen LogP contribution < -0.4 is 0 Å². The SMILES string of the molecule is CC([C@H]1CC[C@H]2[C@@H]3CCC4=CC(=O)C=C[C@]4(C)[C@H]3CC[C@]12C)N(C)C(=O)O. The fourth-order valence-corrected chi connectivity index (χ4v) is 7.47. The maximum atomic E-state index is 11.9. The van der Waals surface area contributed by atoms with E-state index < -0.39 is 6.09 Å². The summed E-state index contributed by atoms with van der Waals surface area (Å²) in [5, 5.41) is 9.45. The quantitative estimate of drug-likeness (QED) is 0.750. The van der Waals surface area contributed by atoms with E-state index in [-0.39, 0.29) is 22.7 Å². The summed E-state index contributed by atoms with van der Waals surface area (Å²) in [7, 11) is 1.72. The van der Waals surface area contributed by atoms with Gasteiger partial charge in [0.15, 0.2) is 5.78 Å². The fraction of sp³-hybridized carbons (Fsp3) is 0.739. The molecule has 1 N–H and O–H groups in total. The lowest BCUT2D eigenvalue weighted by molar-refractivity contribution is -0.111. The van der Waals surface area contributed by atoms with Crippen molar-refractivity contribution in [2.75, 3.05) is 7.05 Å². The second-order valence-electron chi connectivity index (χ2n) is 9.97. The highest BCUT2D eigenvalue weighted by Crippen LogP contribution is 2.66. The van der Waals surface area contributed by atoms with Crippen molar-refractivity contribution < 1.29 is 14.7 Å². The van der Waals surface area contributed by atoms with Crippen molar-refractivity contribution in [3.8, 4) is 0 Å². The van der Waals surface area contributed by atoms with Gasteiger partial charge in [-0.1, -0.05) is 25.5 Å². The van der Waals surface area contributed by atoms with Crippen molar-refractivity contribution in [3.63, 3.8) is 0 Å². The summed E-state index contributed by atoms with van der Waals surface area (Å²) in [4.78, 5) is 24.9. The molecule has 0 aromatic rings. The highest BCUT2D eigenvalue weighted by molar-refractivity contribution is 6.01. The second kappa shape index (κ2) is 6.22. The fourth-order valence-electron chi connectivity index (χ4n) is 7.47. The maximum Gasteiger partial charge on any atom is 0.407 e. The van der Waals surface area contributed by atoms with E-state index in [1.165, 1.54) is 36.2 Å². The number of hydrogen-bond acceptors (Lipinski definition) is 2. The Kier molecular flexibility index (Phi) is 4.32. The van der Waals surface area contributed by atoms with E-state index >= 15 is 0 Å². The van der Waals surface area contributed by atoms with E-state index in [0.717, 1.165) is 12.8 Å². The van der Waals surface area contributed by atoms with Gasteiger partial charge in [-0.2, -0.15) is 0 Å². The average Bonchev–Trinajstić information content (AvgIpc) is 2.98. The van der Waals surface area contributed by atoms with Crippen LogP contribution in [0.3, 0.4) is 0 Å². The Morgan fingerprint density at radius 1 is 1.22 bits per heavy atom. The van der Waals surface area contributed by atoms with E-state index in [2.05, 4.69) is 26.8 Å². The van der Waals surface area contributed by atoms with Crippen LogP contribution in [0.1, 0.15) is 59.3 Å². The second-order valence-corrected chi connectivity index (χ2v) is 9.97. The monoisotopic (exact) mass is 371 g/mol. The average molecular weight is 372 g/mol. The van der Waals surface area contributed by atoms with Gasteiger partial charge in [-0.25, -0.2) is 4.79 Å². The van der Waals surface area contributed by atoms with Crippen LogP contribution in [-0.2, 0) is 4.79 Å². The summed E-state index contributed by atoms with van der Waals surface area (Å²) in [6, 6.07) is 0.0656. The first kappa shape index (κ1) is 18.8. The Morgan fingerprint density at radius 3 is 2.67 bits per heavy atom. The number of allylic oxidation sites excluding steroid dienone is 4. The summed E-state index contributed by atoms with van der Waals surface area (Å²) < 4.78 is 0. The van der Waals surface area contributed by atoms with Crippen molar-refractivity contribution >= 4 is 11.9 Å². The Morgan fingerprint density at radius 2 is 1.96 bits per heavy atom. The summed E-state index contributed by atoms with van der Waals surface area (Å²) in [6.45, 7) is 6.87. The van der Waals surface area contributed by atoms with Crippen molar-refractivity contribution in [2.45, 2.75) is 65.3 Å². The Bertz CT molecular complexity index is 725. The van der Waals surface area contributed by atoms with Crippen LogP contribution in [0.25, 0.3) is 0 Å². The van der Waals surface area contributed by atoms with Gasteiger partial charge in [0.1, 0.15) is 0 Å². The number of carbonyl (C=O) groups is 2. The number of fused-ring (bicyclic) bond motifs is 5. The first-order valence-electron chi connectivity index (χ1n) is 10.6. The number of carbonyl (C=O) groups excluding carboxylic acids is 1. The van der Waals surface area contributed by atoms with Gasteiger partial charge in [-0.05, 0) is 86.7 Å². The Labute approximate surface area is 162 Å². The van der Waals surface area contributed by atoms with Gasteiger partial charge >= 0.3 is 6.09 Å². The molecule has 1 amide bonds. The molecule has 0 saturated heterocycles. The Hall–Kier alpha value is -1.58.